The Labute approximate surface area is 90.7 Å². The number of rotatable bonds is 6. The highest BCUT2D eigenvalue weighted by atomic mass is 16.5. The molecule has 0 atom stereocenters. The van der Waals surface area contributed by atoms with Crippen LogP contribution in [-0.4, -0.2) is 63.4 Å². The van der Waals surface area contributed by atoms with Crippen LogP contribution < -0.4 is 5.32 Å². The van der Waals surface area contributed by atoms with Crippen LogP contribution in [0.15, 0.2) is 0 Å². The number of amides is 1. The third-order valence-corrected chi connectivity index (χ3v) is 2.27. The van der Waals surface area contributed by atoms with Gasteiger partial charge in [-0.25, -0.2) is 0 Å². The molecule has 1 heterocycles. The van der Waals surface area contributed by atoms with Crippen LogP contribution >= 0.6 is 0 Å². The summed E-state index contributed by atoms with van der Waals surface area (Å²) < 4.78 is 10.3. The highest BCUT2D eigenvalue weighted by Gasteiger charge is 2.15. The molecule has 0 spiro atoms. The maximum Gasteiger partial charge on any atom is 0.236 e. The predicted octanol–water partition coefficient (Wildman–Crippen LogP) is -0.529. The Morgan fingerprint density at radius 1 is 1.47 bits per heavy atom. The number of morpholine rings is 1. The first-order valence-corrected chi connectivity index (χ1v) is 5.48. The molecular weight excluding hydrogens is 196 g/mol. The minimum absolute atomic E-state index is 0.148. The molecule has 5 nitrogen and oxygen atoms in total. The minimum Gasteiger partial charge on any atom is -0.380 e. The molecule has 1 amide bonds. The number of carbonyl (C=O) groups is 1. The first-order valence-electron chi connectivity index (χ1n) is 5.48. The lowest BCUT2D eigenvalue weighted by molar-refractivity contribution is -0.134. The standard InChI is InChI=1S/C10H20N2O3/c1-2-14-6-3-11-9-10(13)12-4-7-15-8-5-12/h11H,2-9H2,1H3. The van der Waals surface area contributed by atoms with Gasteiger partial charge in [-0.05, 0) is 6.92 Å². The van der Waals surface area contributed by atoms with Crippen molar-refractivity contribution in [3.05, 3.63) is 0 Å². The van der Waals surface area contributed by atoms with Gasteiger partial charge in [0.05, 0.1) is 26.4 Å². The van der Waals surface area contributed by atoms with E-state index in [1.165, 1.54) is 0 Å². The summed E-state index contributed by atoms with van der Waals surface area (Å²) in [6, 6.07) is 0. The Balaban J connectivity index is 2.02. The molecule has 1 rings (SSSR count). The SMILES string of the molecule is CCOCCNCC(=O)N1CCOCC1. The zero-order chi connectivity index (χ0) is 10.9. The molecule has 15 heavy (non-hydrogen) atoms. The summed E-state index contributed by atoms with van der Waals surface area (Å²) in [5, 5.41) is 3.06. The van der Waals surface area contributed by atoms with E-state index >= 15 is 0 Å². The largest absolute Gasteiger partial charge is 0.380 e. The van der Waals surface area contributed by atoms with E-state index in [4.69, 9.17) is 9.47 Å². The Hall–Kier alpha value is -0.650. The van der Waals surface area contributed by atoms with E-state index in [1.807, 2.05) is 11.8 Å². The normalized spacial score (nSPS) is 16.7. The van der Waals surface area contributed by atoms with Gasteiger partial charge in [0, 0.05) is 26.2 Å². The van der Waals surface area contributed by atoms with Gasteiger partial charge in [-0.1, -0.05) is 0 Å². The van der Waals surface area contributed by atoms with Crippen LogP contribution in [0.4, 0.5) is 0 Å². The van der Waals surface area contributed by atoms with Gasteiger partial charge in [-0.2, -0.15) is 0 Å². The lowest BCUT2D eigenvalue weighted by atomic mass is 10.4. The van der Waals surface area contributed by atoms with Crippen molar-refractivity contribution >= 4 is 5.91 Å². The average Bonchev–Trinajstić information content (AvgIpc) is 2.30. The summed E-state index contributed by atoms with van der Waals surface area (Å²) >= 11 is 0. The van der Waals surface area contributed by atoms with Gasteiger partial charge in [0.25, 0.3) is 0 Å². The average molecular weight is 216 g/mol. The van der Waals surface area contributed by atoms with Crippen molar-refractivity contribution < 1.29 is 14.3 Å². The second kappa shape index (κ2) is 7.62. The van der Waals surface area contributed by atoms with Crippen LogP contribution in [0, 0.1) is 0 Å². The number of carbonyl (C=O) groups excluding carboxylic acids is 1. The molecule has 0 aliphatic carbocycles. The van der Waals surface area contributed by atoms with E-state index in [9.17, 15) is 4.79 Å². The maximum atomic E-state index is 11.6. The topological polar surface area (TPSA) is 50.8 Å². The number of nitrogens with one attached hydrogen (secondary N) is 1. The fourth-order valence-electron chi connectivity index (χ4n) is 1.41. The van der Waals surface area contributed by atoms with E-state index in [1.54, 1.807) is 0 Å². The molecule has 0 aromatic rings. The van der Waals surface area contributed by atoms with Crippen LogP contribution in [0.5, 0.6) is 0 Å². The summed E-state index contributed by atoms with van der Waals surface area (Å²) in [5.74, 6) is 0.148. The van der Waals surface area contributed by atoms with Crippen molar-refractivity contribution in [2.24, 2.45) is 0 Å². The predicted molar refractivity (Wildman–Crippen MR) is 56.8 cm³/mol. The number of hydrogen-bond donors (Lipinski definition) is 1. The quantitative estimate of drug-likeness (QED) is 0.607. The molecule has 0 saturated carbocycles. The first kappa shape index (κ1) is 12.4. The smallest absolute Gasteiger partial charge is 0.236 e. The van der Waals surface area contributed by atoms with Crippen LogP contribution in [0.1, 0.15) is 6.92 Å². The summed E-state index contributed by atoms with van der Waals surface area (Å²) in [5.41, 5.74) is 0. The van der Waals surface area contributed by atoms with E-state index in [0.717, 1.165) is 13.2 Å². The van der Waals surface area contributed by atoms with Crippen LogP contribution in [0.2, 0.25) is 0 Å². The van der Waals surface area contributed by atoms with Gasteiger partial charge in [0.2, 0.25) is 5.91 Å². The highest BCUT2D eigenvalue weighted by molar-refractivity contribution is 5.78. The second-order valence-electron chi connectivity index (χ2n) is 3.37. The Kier molecular flexibility index (Phi) is 6.31. The Bertz CT molecular complexity index is 182. The first-order chi connectivity index (χ1) is 7.34. The highest BCUT2D eigenvalue weighted by Crippen LogP contribution is 1.96. The molecule has 88 valence electrons. The van der Waals surface area contributed by atoms with Crippen molar-refractivity contribution in [2.45, 2.75) is 6.92 Å². The Morgan fingerprint density at radius 2 is 2.20 bits per heavy atom. The van der Waals surface area contributed by atoms with Crippen molar-refractivity contribution in [3.8, 4) is 0 Å². The molecule has 5 heteroatoms. The molecule has 1 aliphatic rings. The molecule has 1 fully saturated rings. The second-order valence-corrected chi connectivity index (χ2v) is 3.37. The third kappa shape index (κ3) is 5.11. The summed E-state index contributed by atoms with van der Waals surface area (Å²) in [7, 11) is 0. The fraction of sp³-hybridized carbons (Fsp3) is 0.900. The minimum atomic E-state index is 0.148. The van der Waals surface area contributed by atoms with Crippen molar-refractivity contribution in [3.63, 3.8) is 0 Å². The van der Waals surface area contributed by atoms with Crippen molar-refractivity contribution in [1.82, 2.24) is 10.2 Å². The van der Waals surface area contributed by atoms with E-state index < -0.39 is 0 Å². The lowest BCUT2D eigenvalue weighted by Gasteiger charge is -2.26. The zero-order valence-electron chi connectivity index (χ0n) is 9.33. The van der Waals surface area contributed by atoms with E-state index in [0.29, 0.717) is 39.5 Å². The van der Waals surface area contributed by atoms with E-state index in [-0.39, 0.29) is 5.91 Å². The molecule has 0 unspecified atom stereocenters. The van der Waals surface area contributed by atoms with Gasteiger partial charge in [-0.3, -0.25) is 4.79 Å². The van der Waals surface area contributed by atoms with Crippen LogP contribution in [0.25, 0.3) is 0 Å². The van der Waals surface area contributed by atoms with Gasteiger partial charge in [0.15, 0.2) is 0 Å². The molecule has 0 bridgehead atoms. The molecular formula is C10H20N2O3. The zero-order valence-corrected chi connectivity index (χ0v) is 9.33. The van der Waals surface area contributed by atoms with Crippen molar-refractivity contribution in [2.75, 3.05) is 52.6 Å². The molecule has 1 aliphatic heterocycles. The van der Waals surface area contributed by atoms with Crippen LogP contribution in [0.3, 0.4) is 0 Å². The van der Waals surface area contributed by atoms with Gasteiger partial charge < -0.3 is 19.7 Å². The van der Waals surface area contributed by atoms with Gasteiger partial charge in [0.1, 0.15) is 0 Å². The molecule has 1 N–H and O–H groups in total. The summed E-state index contributed by atoms with van der Waals surface area (Å²) in [6.07, 6.45) is 0. The Morgan fingerprint density at radius 3 is 2.87 bits per heavy atom. The van der Waals surface area contributed by atoms with Crippen molar-refractivity contribution in [1.29, 1.82) is 0 Å². The fourth-order valence-corrected chi connectivity index (χ4v) is 1.41. The number of ether oxygens (including phenoxy) is 2. The maximum absolute atomic E-state index is 11.6. The molecule has 1 saturated heterocycles. The molecule has 0 aromatic carbocycles. The summed E-state index contributed by atoms with van der Waals surface area (Å²) in [4.78, 5) is 13.4. The molecule has 0 aromatic heterocycles. The number of hydrogen-bond acceptors (Lipinski definition) is 4. The monoisotopic (exact) mass is 216 g/mol. The lowest BCUT2D eigenvalue weighted by Crippen LogP contribution is -2.45. The van der Waals surface area contributed by atoms with E-state index in [2.05, 4.69) is 5.32 Å². The number of nitrogens with zero attached hydrogens (tertiary/aromatic N) is 1. The third-order valence-electron chi connectivity index (χ3n) is 2.27. The van der Waals surface area contributed by atoms with Gasteiger partial charge in [-0.15, -0.1) is 0 Å². The van der Waals surface area contributed by atoms with Gasteiger partial charge >= 0.3 is 0 Å². The molecule has 0 radical (unpaired) electrons. The summed E-state index contributed by atoms with van der Waals surface area (Å²) in [6.45, 7) is 7.20. The van der Waals surface area contributed by atoms with Crippen LogP contribution in [-0.2, 0) is 14.3 Å².